The van der Waals surface area contributed by atoms with Gasteiger partial charge in [-0.15, -0.1) is 0 Å². The van der Waals surface area contributed by atoms with Crippen molar-refractivity contribution in [2.24, 2.45) is 5.73 Å². The van der Waals surface area contributed by atoms with Crippen molar-refractivity contribution >= 4 is 5.91 Å². The lowest BCUT2D eigenvalue weighted by Gasteiger charge is -2.21. The van der Waals surface area contributed by atoms with Crippen LogP contribution in [0.4, 0.5) is 0 Å². The minimum Gasteiger partial charge on any atom is -0.343 e. The second kappa shape index (κ2) is 5.96. The van der Waals surface area contributed by atoms with Gasteiger partial charge in [-0.2, -0.15) is 0 Å². The molecule has 20 heavy (non-hydrogen) atoms. The van der Waals surface area contributed by atoms with Crippen LogP contribution in [0.1, 0.15) is 57.2 Å². The molecule has 0 saturated carbocycles. The number of nitrogens with two attached hydrogens (primary N) is 1. The molecule has 3 nitrogen and oxygen atoms in total. The van der Waals surface area contributed by atoms with Crippen LogP contribution in [-0.2, 0) is 10.2 Å². The molecule has 0 radical (unpaired) electrons. The lowest BCUT2D eigenvalue weighted by atomic mass is 9.86. The number of likely N-dealkylation sites (tertiary alicyclic amines) is 1. The molecule has 0 spiro atoms. The van der Waals surface area contributed by atoms with Crippen molar-refractivity contribution in [3.05, 3.63) is 35.4 Å². The van der Waals surface area contributed by atoms with E-state index in [0.29, 0.717) is 6.42 Å². The molecule has 3 heteroatoms. The summed E-state index contributed by atoms with van der Waals surface area (Å²) in [7, 11) is 0. The van der Waals surface area contributed by atoms with E-state index in [1.165, 1.54) is 5.56 Å². The van der Waals surface area contributed by atoms with E-state index in [4.69, 9.17) is 5.73 Å². The number of carbonyl (C=O) groups is 1. The molecular weight excluding hydrogens is 248 g/mol. The van der Waals surface area contributed by atoms with E-state index in [-0.39, 0.29) is 17.4 Å². The molecule has 1 aliphatic heterocycles. The summed E-state index contributed by atoms with van der Waals surface area (Å²) in [5, 5.41) is 0. The predicted molar refractivity (Wildman–Crippen MR) is 82.5 cm³/mol. The second-order valence-electron chi connectivity index (χ2n) is 6.77. The molecule has 0 aromatic heterocycles. The van der Waals surface area contributed by atoms with Gasteiger partial charge in [0.2, 0.25) is 5.91 Å². The summed E-state index contributed by atoms with van der Waals surface area (Å²) in [5.74, 6) is 0.190. The van der Waals surface area contributed by atoms with Crippen LogP contribution in [0, 0.1) is 0 Å². The highest BCUT2D eigenvalue weighted by Gasteiger charge is 2.21. The van der Waals surface area contributed by atoms with Gasteiger partial charge in [-0.1, -0.05) is 45.0 Å². The molecule has 1 saturated heterocycles. The average Bonchev–Trinajstić information content (AvgIpc) is 2.91. The minimum absolute atomic E-state index is 0.147. The van der Waals surface area contributed by atoms with Gasteiger partial charge in [0.05, 0.1) is 0 Å². The maximum atomic E-state index is 12.1. The third-order valence-electron chi connectivity index (χ3n) is 4.06. The first-order chi connectivity index (χ1) is 9.38. The first kappa shape index (κ1) is 15.0. The molecule has 1 unspecified atom stereocenters. The van der Waals surface area contributed by atoms with E-state index in [9.17, 15) is 4.79 Å². The highest BCUT2D eigenvalue weighted by molar-refractivity contribution is 5.77. The zero-order chi connectivity index (χ0) is 14.8. The molecule has 0 aliphatic carbocycles. The zero-order valence-electron chi connectivity index (χ0n) is 12.9. The van der Waals surface area contributed by atoms with E-state index >= 15 is 0 Å². The normalized spacial score (nSPS) is 17.3. The fourth-order valence-corrected chi connectivity index (χ4v) is 2.63. The first-order valence-corrected chi connectivity index (χ1v) is 7.52. The van der Waals surface area contributed by atoms with Gasteiger partial charge < -0.3 is 10.6 Å². The van der Waals surface area contributed by atoms with Crippen molar-refractivity contribution in [2.75, 3.05) is 13.1 Å². The molecule has 1 aromatic carbocycles. The molecule has 2 N–H and O–H groups in total. The summed E-state index contributed by atoms with van der Waals surface area (Å²) in [6.07, 6.45) is 2.66. The van der Waals surface area contributed by atoms with E-state index in [0.717, 1.165) is 31.5 Å². The van der Waals surface area contributed by atoms with Crippen molar-refractivity contribution in [3.8, 4) is 0 Å². The third-order valence-corrected chi connectivity index (χ3v) is 4.06. The molecule has 110 valence electrons. The summed E-state index contributed by atoms with van der Waals surface area (Å²) < 4.78 is 0. The first-order valence-electron chi connectivity index (χ1n) is 7.52. The number of hydrogen-bond donors (Lipinski definition) is 1. The fourth-order valence-electron chi connectivity index (χ4n) is 2.63. The smallest absolute Gasteiger partial charge is 0.224 e. The number of hydrogen-bond acceptors (Lipinski definition) is 2. The van der Waals surface area contributed by atoms with Gasteiger partial charge in [0.25, 0.3) is 0 Å². The zero-order valence-corrected chi connectivity index (χ0v) is 12.9. The van der Waals surface area contributed by atoms with E-state index in [1.54, 1.807) is 0 Å². The van der Waals surface area contributed by atoms with Gasteiger partial charge in [-0.3, -0.25) is 4.79 Å². The lowest BCUT2D eigenvalue weighted by Crippen LogP contribution is -2.30. The van der Waals surface area contributed by atoms with Crippen LogP contribution in [-0.4, -0.2) is 23.9 Å². The van der Waals surface area contributed by atoms with Gasteiger partial charge in [-0.05, 0) is 29.4 Å². The van der Waals surface area contributed by atoms with Gasteiger partial charge >= 0.3 is 0 Å². The predicted octanol–water partition coefficient (Wildman–Crippen LogP) is 3.00. The number of carbonyl (C=O) groups excluding carboxylic acids is 1. The maximum absolute atomic E-state index is 12.1. The average molecular weight is 274 g/mol. The van der Waals surface area contributed by atoms with Gasteiger partial charge in [0.1, 0.15) is 0 Å². The quantitative estimate of drug-likeness (QED) is 0.921. The number of benzene rings is 1. The number of nitrogens with zero attached hydrogens (tertiary/aromatic N) is 1. The Kier molecular flexibility index (Phi) is 4.48. The minimum atomic E-state index is -0.197. The summed E-state index contributed by atoms with van der Waals surface area (Å²) >= 11 is 0. The summed E-state index contributed by atoms with van der Waals surface area (Å²) in [6, 6.07) is 8.16. The SMILES string of the molecule is CC(C)(C)c1ccc(C(N)CC(=O)N2CCCC2)cc1. The Bertz CT molecular complexity index is 453. The highest BCUT2D eigenvalue weighted by atomic mass is 16.2. The molecule has 1 fully saturated rings. The van der Waals surface area contributed by atoms with Crippen LogP contribution in [0.15, 0.2) is 24.3 Å². The third kappa shape index (κ3) is 3.60. The lowest BCUT2D eigenvalue weighted by molar-refractivity contribution is -0.130. The van der Waals surface area contributed by atoms with Crippen LogP contribution >= 0.6 is 0 Å². The molecule has 2 rings (SSSR count). The van der Waals surface area contributed by atoms with Gasteiger partial charge in [-0.25, -0.2) is 0 Å². The Morgan fingerprint density at radius 2 is 1.75 bits per heavy atom. The number of rotatable bonds is 3. The monoisotopic (exact) mass is 274 g/mol. The van der Waals surface area contributed by atoms with E-state index < -0.39 is 0 Å². The van der Waals surface area contributed by atoms with E-state index in [1.807, 2.05) is 4.90 Å². The molecule has 1 aliphatic rings. The van der Waals surface area contributed by atoms with Crippen LogP contribution < -0.4 is 5.73 Å². The van der Waals surface area contributed by atoms with Crippen molar-refractivity contribution in [3.63, 3.8) is 0 Å². The van der Waals surface area contributed by atoms with Crippen molar-refractivity contribution in [2.45, 2.75) is 51.5 Å². The Labute approximate surface area is 122 Å². The van der Waals surface area contributed by atoms with E-state index in [2.05, 4.69) is 45.0 Å². The molecule has 1 amide bonds. The van der Waals surface area contributed by atoms with Gasteiger partial charge in [0.15, 0.2) is 0 Å². The number of amides is 1. The van der Waals surface area contributed by atoms with Crippen LogP contribution in [0.5, 0.6) is 0 Å². The largest absolute Gasteiger partial charge is 0.343 e. The Hall–Kier alpha value is -1.35. The standard InChI is InChI=1S/C17H26N2O/c1-17(2,3)14-8-6-13(7-9-14)15(18)12-16(20)19-10-4-5-11-19/h6-9,15H,4-5,10-12,18H2,1-3H3. The Morgan fingerprint density at radius 1 is 1.20 bits per heavy atom. The van der Waals surface area contributed by atoms with Crippen molar-refractivity contribution in [1.82, 2.24) is 4.90 Å². The molecule has 1 heterocycles. The topological polar surface area (TPSA) is 46.3 Å². The Morgan fingerprint density at radius 3 is 2.25 bits per heavy atom. The molecule has 1 atom stereocenters. The summed E-state index contributed by atoms with van der Waals surface area (Å²) in [5.41, 5.74) is 8.66. The second-order valence-corrected chi connectivity index (χ2v) is 6.77. The highest BCUT2D eigenvalue weighted by Crippen LogP contribution is 2.24. The Balaban J connectivity index is 1.98. The maximum Gasteiger partial charge on any atom is 0.224 e. The van der Waals surface area contributed by atoms with Crippen LogP contribution in [0.3, 0.4) is 0 Å². The summed E-state index contributed by atoms with van der Waals surface area (Å²) in [6.45, 7) is 8.37. The van der Waals surface area contributed by atoms with Crippen molar-refractivity contribution < 1.29 is 4.79 Å². The molecule has 0 bridgehead atoms. The molecule has 1 aromatic rings. The fraction of sp³-hybridized carbons (Fsp3) is 0.588. The van der Waals surface area contributed by atoms with Gasteiger partial charge in [0, 0.05) is 25.6 Å². The van der Waals surface area contributed by atoms with Crippen LogP contribution in [0.2, 0.25) is 0 Å². The summed E-state index contributed by atoms with van der Waals surface area (Å²) in [4.78, 5) is 14.0. The molecular formula is C17H26N2O. The van der Waals surface area contributed by atoms with Crippen LogP contribution in [0.25, 0.3) is 0 Å². The van der Waals surface area contributed by atoms with Crippen molar-refractivity contribution in [1.29, 1.82) is 0 Å².